The lowest BCUT2D eigenvalue weighted by atomic mass is 10.1. The number of nitrogens with zero attached hydrogens (tertiary/aromatic N) is 1. The van der Waals surface area contributed by atoms with Crippen LogP contribution in [0.1, 0.15) is 10.4 Å². The fraction of sp³-hybridized carbons (Fsp3) is 0.0588. The van der Waals surface area contributed by atoms with Crippen LogP contribution in [0.3, 0.4) is 0 Å². The van der Waals surface area contributed by atoms with E-state index in [0.717, 1.165) is 5.39 Å². The second kappa shape index (κ2) is 5.94. The van der Waals surface area contributed by atoms with Crippen molar-refractivity contribution in [2.45, 2.75) is 0 Å². The summed E-state index contributed by atoms with van der Waals surface area (Å²) in [5.74, 6) is 0.480. The molecule has 2 aromatic carbocycles. The van der Waals surface area contributed by atoms with Crippen LogP contribution < -0.4 is 4.74 Å². The molecule has 0 amide bonds. The molecule has 0 aliphatic carbocycles. The van der Waals surface area contributed by atoms with E-state index < -0.39 is 0 Å². The van der Waals surface area contributed by atoms with Crippen LogP contribution >= 0.6 is 11.6 Å². The standard InChI is InChI=1S/C17H12ClNO2/c18-14-8-9-16(17-13(14)7-4-10-19-17)21-11-15(20)12-5-2-1-3-6-12/h1-10H,11H2. The minimum Gasteiger partial charge on any atom is -0.483 e. The molecule has 0 fully saturated rings. The summed E-state index contributed by atoms with van der Waals surface area (Å²) in [6, 6.07) is 16.2. The molecular weight excluding hydrogens is 286 g/mol. The van der Waals surface area contributed by atoms with Crippen molar-refractivity contribution in [3.05, 3.63) is 71.4 Å². The zero-order valence-electron chi connectivity index (χ0n) is 11.1. The van der Waals surface area contributed by atoms with Crippen molar-refractivity contribution in [3.63, 3.8) is 0 Å². The summed E-state index contributed by atoms with van der Waals surface area (Å²) < 4.78 is 5.62. The Hall–Kier alpha value is -2.39. The van der Waals surface area contributed by atoms with Gasteiger partial charge in [-0.25, -0.2) is 0 Å². The molecule has 104 valence electrons. The van der Waals surface area contributed by atoms with Crippen molar-refractivity contribution in [1.29, 1.82) is 0 Å². The lowest BCUT2D eigenvalue weighted by molar-refractivity contribution is 0.0922. The lowest BCUT2D eigenvalue weighted by Gasteiger charge is -2.09. The smallest absolute Gasteiger partial charge is 0.200 e. The Bertz CT molecular complexity index is 787. The third kappa shape index (κ3) is 2.88. The summed E-state index contributed by atoms with van der Waals surface area (Å²) in [6.07, 6.45) is 1.67. The van der Waals surface area contributed by atoms with Gasteiger partial charge < -0.3 is 4.74 Å². The number of ether oxygens (including phenoxy) is 1. The molecule has 0 aliphatic rings. The number of Topliss-reactive ketones (excluding diaryl/α,β-unsaturated/α-hetero) is 1. The number of aromatic nitrogens is 1. The molecule has 3 aromatic rings. The Morgan fingerprint density at radius 1 is 1.05 bits per heavy atom. The molecule has 21 heavy (non-hydrogen) atoms. The highest BCUT2D eigenvalue weighted by Gasteiger charge is 2.10. The Labute approximate surface area is 127 Å². The zero-order valence-corrected chi connectivity index (χ0v) is 11.9. The van der Waals surface area contributed by atoms with Gasteiger partial charge in [0.2, 0.25) is 0 Å². The summed E-state index contributed by atoms with van der Waals surface area (Å²) in [5.41, 5.74) is 1.29. The van der Waals surface area contributed by atoms with E-state index in [4.69, 9.17) is 16.3 Å². The number of pyridine rings is 1. The molecule has 0 bridgehead atoms. The van der Waals surface area contributed by atoms with Crippen molar-refractivity contribution < 1.29 is 9.53 Å². The highest BCUT2D eigenvalue weighted by Crippen LogP contribution is 2.29. The van der Waals surface area contributed by atoms with Gasteiger partial charge in [0.25, 0.3) is 0 Å². The van der Waals surface area contributed by atoms with Crippen LogP contribution in [0.15, 0.2) is 60.8 Å². The molecule has 0 aliphatic heterocycles. The van der Waals surface area contributed by atoms with E-state index in [1.165, 1.54) is 0 Å². The monoisotopic (exact) mass is 297 g/mol. The maximum Gasteiger partial charge on any atom is 0.200 e. The molecule has 1 heterocycles. The van der Waals surface area contributed by atoms with Crippen LogP contribution in [-0.2, 0) is 0 Å². The summed E-state index contributed by atoms with van der Waals surface area (Å²) in [5, 5.41) is 1.42. The maximum atomic E-state index is 12.0. The summed E-state index contributed by atoms with van der Waals surface area (Å²) in [7, 11) is 0. The third-order valence-corrected chi connectivity index (χ3v) is 3.46. The molecule has 0 N–H and O–H groups in total. The van der Waals surface area contributed by atoms with Crippen LogP contribution in [0.4, 0.5) is 0 Å². The first-order valence-electron chi connectivity index (χ1n) is 6.50. The number of hydrogen-bond donors (Lipinski definition) is 0. The highest BCUT2D eigenvalue weighted by atomic mass is 35.5. The van der Waals surface area contributed by atoms with E-state index in [-0.39, 0.29) is 12.4 Å². The predicted molar refractivity (Wildman–Crippen MR) is 83.0 cm³/mol. The molecule has 0 saturated carbocycles. The van der Waals surface area contributed by atoms with Gasteiger partial charge in [-0.05, 0) is 24.3 Å². The molecule has 0 radical (unpaired) electrons. The molecular formula is C17H12ClNO2. The van der Waals surface area contributed by atoms with Crippen LogP contribution in [0.2, 0.25) is 5.02 Å². The quantitative estimate of drug-likeness (QED) is 0.679. The summed E-state index contributed by atoms with van der Waals surface area (Å²) in [6.45, 7) is -0.0304. The summed E-state index contributed by atoms with van der Waals surface area (Å²) in [4.78, 5) is 16.3. The number of ketones is 1. The molecule has 1 aromatic heterocycles. The summed E-state index contributed by atoms with van der Waals surface area (Å²) >= 11 is 6.13. The lowest BCUT2D eigenvalue weighted by Crippen LogP contribution is -2.11. The second-order valence-corrected chi connectivity index (χ2v) is 4.93. The number of carbonyl (C=O) groups is 1. The van der Waals surface area contributed by atoms with Crippen molar-refractivity contribution >= 4 is 28.3 Å². The largest absolute Gasteiger partial charge is 0.483 e. The second-order valence-electron chi connectivity index (χ2n) is 4.52. The molecule has 3 rings (SSSR count). The van der Waals surface area contributed by atoms with E-state index in [1.807, 2.05) is 30.3 Å². The first kappa shape index (κ1) is 13.6. The molecule has 3 nitrogen and oxygen atoms in total. The average Bonchev–Trinajstić information content (AvgIpc) is 2.55. The molecule has 4 heteroatoms. The predicted octanol–water partition coefficient (Wildman–Crippen LogP) is 4.15. The number of hydrogen-bond acceptors (Lipinski definition) is 3. The van der Waals surface area contributed by atoms with Crippen molar-refractivity contribution in [2.24, 2.45) is 0 Å². The highest BCUT2D eigenvalue weighted by molar-refractivity contribution is 6.35. The van der Waals surface area contributed by atoms with Crippen molar-refractivity contribution in [3.8, 4) is 5.75 Å². The first-order chi connectivity index (χ1) is 10.3. The van der Waals surface area contributed by atoms with E-state index in [1.54, 1.807) is 30.5 Å². The SMILES string of the molecule is O=C(COc1ccc(Cl)c2cccnc12)c1ccccc1. The van der Waals surface area contributed by atoms with E-state index in [0.29, 0.717) is 21.9 Å². The topological polar surface area (TPSA) is 39.2 Å². The number of rotatable bonds is 4. The van der Waals surface area contributed by atoms with Gasteiger partial charge in [-0.15, -0.1) is 0 Å². The van der Waals surface area contributed by atoms with E-state index in [2.05, 4.69) is 4.98 Å². The van der Waals surface area contributed by atoms with Crippen LogP contribution in [0, 0.1) is 0 Å². The minimum absolute atomic E-state index is 0.0304. The van der Waals surface area contributed by atoms with Gasteiger partial charge in [0, 0.05) is 17.1 Å². The minimum atomic E-state index is -0.0744. The van der Waals surface area contributed by atoms with Gasteiger partial charge in [0.1, 0.15) is 11.3 Å². The first-order valence-corrected chi connectivity index (χ1v) is 6.88. The van der Waals surface area contributed by atoms with E-state index >= 15 is 0 Å². The van der Waals surface area contributed by atoms with E-state index in [9.17, 15) is 4.79 Å². The van der Waals surface area contributed by atoms with Crippen molar-refractivity contribution in [2.75, 3.05) is 6.61 Å². The van der Waals surface area contributed by atoms with Crippen molar-refractivity contribution in [1.82, 2.24) is 4.98 Å². The normalized spacial score (nSPS) is 10.5. The number of halogens is 1. The fourth-order valence-electron chi connectivity index (χ4n) is 2.08. The van der Waals surface area contributed by atoms with Gasteiger partial charge in [-0.2, -0.15) is 0 Å². The maximum absolute atomic E-state index is 12.0. The Morgan fingerprint density at radius 3 is 2.67 bits per heavy atom. The zero-order chi connectivity index (χ0) is 14.7. The molecule has 0 atom stereocenters. The van der Waals surface area contributed by atoms with Gasteiger partial charge in [0.15, 0.2) is 12.4 Å². The van der Waals surface area contributed by atoms with Crippen LogP contribution in [0.5, 0.6) is 5.75 Å². The Kier molecular flexibility index (Phi) is 3.84. The number of fused-ring (bicyclic) bond motifs is 1. The molecule has 0 saturated heterocycles. The van der Waals surface area contributed by atoms with Gasteiger partial charge in [-0.1, -0.05) is 41.9 Å². The van der Waals surface area contributed by atoms with Gasteiger partial charge in [-0.3, -0.25) is 9.78 Å². The Morgan fingerprint density at radius 2 is 1.86 bits per heavy atom. The average molecular weight is 298 g/mol. The van der Waals surface area contributed by atoms with Crippen LogP contribution in [0.25, 0.3) is 10.9 Å². The Balaban J connectivity index is 1.83. The third-order valence-electron chi connectivity index (χ3n) is 3.13. The fourth-order valence-corrected chi connectivity index (χ4v) is 2.29. The molecule has 0 spiro atoms. The number of benzene rings is 2. The van der Waals surface area contributed by atoms with Crippen LogP contribution in [-0.4, -0.2) is 17.4 Å². The van der Waals surface area contributed by atoms with Gasteiger partial charge in [0.05, 0.1) is 5.02 Å². The van der Waals surface area contributed by atoms with Gasteiger partial charge >= 0.3 is 0 Å². The molecule has 0 unspecified atom stereocenters. The number of carbonyl (C=O) groups excluding carboxylic acids is 1.